The lowest BCUT2D eigenvalue weighted by Crippen LogP contribution is -2.49. The van der Waals surface area contributed by atoms with E-state index < -0.39 is 0 Å². The molecule has 0 saturated heterocycles. The highest BCUT2D eigenvalue weighted by atomic mass is 15.2. The Morgan fingerprint density at radius 2 is 1.83 bits per heavy atom. The van der Waals surface area contributed by atoms with Gasteiger partial charge in [0.05, 0.1) is 0 Å². The minimum absolute atomic E-state index is 0.222. The van der Waals surface area contributed by atoms with Crippen molar-refractivity contribution in [2.75, 3.05) is 20.1 Å². The smallest absolute Gasteiger partial charge is 0.0249 e. The molecule has 2 heteroatoms. The lowest BCUT2D eigenvalue weighted by Gasteiger charge is -2.34. The van der Waals surface area contributed by atoms with Crippen LogP contribution in [0.25, 0.3) is 0 Å². The maximum Gasteiger partial charge on any atom is 0.0249 e. The summed E-state index contributed by atoms with van der Waals surface area (Å²) in [6.45, 7) is 13.4. The number of hydrogen-bond donors (Lipinski definition) is 1. The molecule has 0 aromatic rings. The molecule has 0 aliphatic heterocycles. The van der Waals surface area contributed by atoms with Crippen LogP contribution in [0.5, 0.6) is 0 Å². The predicted octanol–water partition coefficient (Wildman–Crippen LogP) is 1.71. The lowest BCUT2D eigenvalue weighted by atomic mass is 10.0. The normalized spacial score (nSPS) is 13.0. The van der Waals surface area contributed by atoms with Crippen LogP contribution < -0.4 is 5.32 Å². The Balaban J connectivity index is 4.01. The van der Waals surface area contributed by atoms with E-state index in [4.69, 9.17) is 0 Å². The number of hydrogen-bond acceptors (Lipinski definition) is 2. The molecule has 0 bridgehead atoms. The molecule has 74 valence electrons. The van der Waals surface area contributed by atoms with E-state index in [1.165, 1.54) is 0 Å². The van der Waals surface area contributed by atoms with Gasteiger partial charge in [0.25, 0.3) is 0 Å². The van der Waals surface area contributed by atoms with Gasteiger partial charge in [-0.25, -0.2) is 0 Å². The third-order valence-corrected chi connectivity index (χ3v) is 2.41. The van der Waals surface area contributed by atoms with E-state index in [2.05, 4.69) is 44.8 Å². The molecule has 0 aromatic carbocycles. The van der Waals surface area contributed by atoms with E-state index in [9.17, 15) is 0 Å². The average Bonchev–Trinajstić information content (AvgIpc) is 2.00. The van der Waals surface area contributed by atoms with Crippen LogP contribution in [0.2, 0.25) is 0 Å². The summed E-state index contributed by atoms with van der Waals surface area (Å²) in [5.41, 5.74) is 0.222. The second kappa shape index (κ2) is 4.83. The molecule has 0 aliphatic carbocycles. The fourth-order valence-electron chi connectivity index (χ4n) is 1.25. The number of nitrogens with zero attached hydrogens (tertiary/aromatic N) is 1. The summed E-state index contributed by atoms with van der Waals surface area (Å²) in [5, 5.41) is 3.32. The molecule has 0 radical (unpaired) electrons. The van der Waals surface area contributed by atoms with Gasteiger partial charge in [-0.15, -0.1) is 0 Å². The average molecular weight is 172 g/mol. The first-order chi connectivity index (χ1) is 5.43. The largest absolute Gasteiger partial charge is 0.314 e. The molecular weight excluding hydrogens is 148 g/mol. The van der Waals surface area contributed by atoms with E-state index in [1.807, 2.05) is 7.05 Å². The van der Waals surface area contributed by atoms with Crippen molar-refractivity contribution < 1.29 is 0 Å². The van der Waals surface area contributed by atoms with Crippen LogP contribution in [-0.2, 0) is 0 Å². The molecule has 0 fully saturated rings. The molecule has 1 N–H and O–H groups in total. The summed E-state index contributed by atoms with van der Waals surface area (Å²) in [4.78, 5) is 2.47. The zero-order valence-corrected chi connectivity index (χ0v) is 9.44. The molecular formula is C10H24N2. The van der Waals surface area contributed by atoms with E-state index >= 15 is 0 Å². The number of nitrogens with one attached hydrogen (secondary N) is 1. The van der Waals surface area contributed by atoms with E-state index in [-0.39, 0.29) is 5.54 Å². The Kier molecular flexibility index (Phi) is 4.80. The Labute approximate surface area is 77.3 Å². The van der Waals surface area contributed by atoms with E-state index in [0.29, 0.717) is 6.04 Å². The molecule has 0 heterocycles. The first-order valence-electron chi connectivity index (χ1n) is 4.86. The molecule has 0 amide bonds. The van der Waals surface area contributed by atoms with Gasteiger partial charge in [-0.2, -0.15) is 0 Å². The van der Waals surface area contributed by atoms with Gasteiger partial charge in [0.1, 0.15) is 0 Å². The van der Waals surface area contributed by atoms with Gasteiger partial charge in [-0.3, -0.25) is 4.90 Å². The molecule has 2 nitrogen and oxygen atoms in total. The zero-order valence-electron chi connectivity index (χ0n) is 9.44. The van der Waals surface area contributed by atoms with Crippen LogP contribution in [0, 0.1) is 0 Å². The maximum absolute atomic E-state index is 3.32. The fraction of sp³-hybridized carbons (Fsp3) is 1.00. The first-order valence-corrected chi connectivity index (χ1v) is 4.86. The van der Waals surface area contributed by atoms with Crippen molar-refractivity contribution in [1.82, 2.24) is 10.2 Å². The maximum atomic E-state index is 3.32. The summed E-state index contributed by atoms with van der Waals surface area (Å²) in [6, 6.07) is 0.641. The SMILES string of the molecule is CCN(CC(C)(C)NC)C(C)C. The minimum Gasteiger partial charge on any atom is -0.314 e. The van der Waals surface area contributed by atoms with E-state index in [0.717, 1.165) is 13.1 Å². The van der Waals surface area contributed by atoms with Crippen molar-refractivity contribution >= 4 is 0 Å². The number of rotatable bonds is 5. The highest BCUT2D eigenvalue weighted by Gasteiger charge is 2.19. The molecule has 0 unspecified atom stereocenters. The Bertz CT molecular complexity index is 119. The third-order valence-electron chi connectivity index (χ3n) is 2.41. The zero-order chi connectivity index (χ0) is 9.78. The minimum atomic E-state index is 0.222. The highest BCUT2D eigenvalue weighted by molar-refractivity contribution is 4.80. The fourth-order valence-corrected chi connectivity index (χ4v) is 1.25. The van der Waals surface area contributed by atoms with Crippen LogP contribution in [0.15, 0.2) is 0 Å². The lowest BCUT2D eigenvalue weighted by molar-refractivity contribution is 0.177. The summed E-state index contributed by atoms with van der Waals surface area (Å²) in [6.07, 6.45) is 0. The predicted molar refractivity (Wildman–Crippen MR) is 55.5 cm³/mol. The van der Waals surface area contributed by atoms with Gasteiger partial charge >= 0.3 is 0 Å². The van der Waals surface area contributed by atoms with Crippen molar-refractivity contribution in [2.45, 2.75) is 46.2 Å². The van der Waals surface area contributed by atoms with Crippen molar-refractivity contribution in [3.05, 3.63) is 0 Å². The van der Waals surface area contributed by atoms with Crippen LogP contribution in [-0.4, -0.2) is 36.6 Å². The second-order valence-electron chi connectivity index (χ2n) is 4.29. The molecule has 0 rings (SSSR count). The summed E-state index contributed by atoms with van der Waals surface area (Å²) >= 11 is 0. The first kappa shape index (κ1) is 11.9. The van der Waals surface area contributed by atoms with Gasteiger partial charge in [-0.05, 0) is 41.3 Å². The van der Waals surface area contributed by atoms with Crippen molar-refractivity contribution in [2.24, 2.45) is 0 Å². The molecule has 0 atom stereocenters. The highest BCUT2D eigenvalue weighted by Crippen LogP contribution is 2.07. The van der Waals surface area contributed by atoms with Crippen molar-refractivity contribution in [3.63, 3.8) is 0 Å². The van der Waals surface area contributed by atoms with Gasteiger partial charge < -0.3 is 5.32 Å². The van der Waals surface area contributed by atoms with Crippen molar-refractivity contribution in [1.29, 1.82) is 0 Å². The van der Waals surface area contributed by atoms with Crippen LogP contribution >= 0.6 is 0 Å². The topological polar surface area (TPSA) is 15.3 Å². The Morgan fingerprint density at radius 1 is 1.33 bits per heavy atom. The van der Waals surface area contributed by atoms with Crippen LogP contribution in [0.4, 0.5) is 0 Å². The Morgan fingerprint density at radius 3 is 2.08 bits per heavy atom. The quantitative estimate of drug-likeness (QED) is 0.679. The molecule has 0 saturated carbocycles. The third kappa shape index (κ3) is 4.07. The standard InChI is InChI=1S/C10H24N2/c1-7-12(9(2)3)8-10(4,5)11-6/h9,11H,7-8H2,1-6H3. The summed E-state index contributed by atoms with van der Waals surface area (Å²) in [5.74, 6) is 0. The van der Waals surface area contributed by atoms with Gasteiger partial charge in [0.2, 0.25) is 0 Å². The number of likely N-dealkylation sites (N-methyl/N-ethyl adjacent to an activating group) is 2. The van der Waals surface area contributed by atoms with Gasteiger partial charge in [-0.1, -0.05) is 6.92 Å². The van der Waals surface area contributed by atoms with Crippen LogP contribution in [0.3, 0.4) is 0 Å². The molecule has 0 aromatic heterocycles. The monoisotopic (exact) mass is 172 g/mol. The molecule has 0 aliphatic rings. The molecule has 0 spiro atoms. The summed E-state index contributed by atoms with van der Waals surface area (Å²) < 4.78 is 0. The van der Waals surface area contributed by atoms with Gasteiger partial charge in [0, 0.05) is 18.1 Å². The second-order valence-corrected chi connectivity index (χ2v) is 4.29. The summed E-state index contributed by atoms with van der Waals surface area (Å²) in [7, 11) is 2.02. The Hall–Kier alpha value is -0.0800. The molecule has 12 heavy (non-hydrogen) atoms. The van der Waals surface area contributed by atoms with E-state index in [1.54, 1.807) is 0 Å². The van der Waals surface area contributed by atoms with Gasteiger partial charge in [0.15, 0.2) is 0 Å². The van der Waals surface area contributed by atoms with Crippen LogP contribution in [0.1, 0.15) is 34.6 Å². The van der Waals surface area contributed by atoms with Crippen molar-refractivity contribution in [3.8, 4) is 0 Å².